The number of aromatic hydroxyl groups is 1. The zero-order valence-electron chi connectivity index (χ0n) is 9.11. The lowest BCUT2D eigenvalue weighted by Gasteiger charge is -2.07. The zero-order chi connectivity index (χ0) is 11.1. The number of phenols is 1. The Balaban J connectivity index is 2.18. The predicted molar refractivity (Wildman–Crippen MR) is 60.7 cm³/mol. The minimum Gasteiger partial charge on any atom is -0.508 e. The molecule has 0 bridgehead atoms. The van der Waals surface area contributed by atoms with Gasteiger partial charge >= 0.3 is 0 Å². The molecule has 3 nitrogen and oxygen atoms in total. The van der Waals surface area contributed by atoms with Crippen molar-refractivity contribution in [1.82, 2.24) is 5.32 Å². The summed E-state index contributed by atoms with van der Waals surface area (Å²) in [5.41, 5.74) is 0.912. The average molecular weight is 209 g/mol. The molecule has 1 rings (SSSR count). The monoisotopic (exact) mass is 209 g/mol. The summed E-state index contributed by atoms with van der Waals surface area (Å²) >= 11 is 0. The van der Waals surface area contributed by atoms with Crippen LogP contribution in [0.1, 0.15) is 25.3 Å². The number of hydrogen-bond acceptors (Lipinski definition) is 3. The van der Waals surface area contributed by atoms with Gasteiger partial charge in [-0.3, -0.25) is 0 Å². The van der Waals surface area contributed by atoms with Gasteiger partial charge in [0.25, 0.3) is 0 Å². The molecule has 1 atom stereocenters. The summed E-state index contributed by atoms with van der Waals surface area (Å²) in [6.07, 6.45) is 1.54. The molecular weight excluding hydrogens is 190 g/mol. The first kappa shape index (κ1) is 12.0. The third-order valence-corrected chi connectivity index (χ3v) is 2.28. The van der Waals surface area contributed by atoms with E-state index in [9.17, 15) is 5.11 Å². The molecule has 3 N–H and O–H groups in total. The number of rotatable bonds is 6. The molecule has 0 radical (unpaired) electrons. The van der Waals surface area contributed by atoms with E-state index in [2.05, 4.69) is 5.32 Å². The van der Waals surface area contributed by atoms with Gasteiger partial charge < -0.3 is 15.5 Å². The van der Waals surface area contributed by atoms with Gasteiger partial charge in [-0.25, -0.2) is 0 Å². The summed E-state index contributed by atoms with van der Waals surface area (Å²) in [4.78, 5) is 0. The van der Waals surface area contributed by atoms with Gasteiger partial charge in [0.2, 0.25) is 0 Å². The first-order valence-electron chi connectivity index (χ1n) is 5.36. The summed E-state index contributed by atoms with van der Waals surface area (Å²) in [5.74, 6) is 0.334. The molecule has 15 heavy (non-hydrogen) atoms. The normalized spacial score (nSPS) is 12.7. The number of hydrogen-bond donors (Lipinski definition) is 3. The molecule has 0 fully saturated rings. The average Bonchev–Trinajstić information content (AvgIpc) is 2.20. The Morgan fingerprint density at radius 1 is 1.33 bits per heavy atom. The van der Waals surface area contributed by atoms with Crippen LogP contribution in [0.15, 0.2) is 24.3 Å². The predicted octanol–water partition coefficient (Wildman–Crippen LogP) is 1.64. The van der Waals surface area contributed by atoms with Crippen LogP contribution in [0, 0.1) is 0 Å². The second kappa shape index (κ2) is 6.43. The zero-order valence-corrected chi connectivity index (χ0v) is 9.11. The maximum absolute atomic E-state index is 9.48. The highest BCUT2D eigenvalue weighted by Gasteiger charge is 1.99. The van der Waals surface area contributed by atoms with Crippen molar-refractivity contribution in [2.75, 3.05) is 6.54 Å². The van der Waals surface area contributed by atoms with Gasteiger partial charge in [0.15, 0.2) is 0 Å². The van der Waals surface area contributed by atoms with E-state index in [-0.39, 0.29) is 6.10 Å². The summed E-state index contributed by atoms with van der Waals surface area (Å²) < 4.78 is 0. The Hall–Kier alpha value is -1.06. The lowest BCUT2D eigenvalue weighted by atomic mass is 10.2. The van der Waals surface area contributed by atoms with Crippen LogP contribution in [0.25, 0.3) is 0 Å². The SMILES string of the molecule is CC(O)CCCNCc1ccccc1O. The molecule has 0 amide bonds. The Kier molecular flexibility index (Phi) is 5.15. The largest absolute Gasteiger partial charge is 0.508 e. The number of para-hydroxylation sites is 1. The van der Waals surface area contributed by atoms with Crippen LogP contribution in [-0.2, 0) is 6.54 Å². The fraction of sp³-hybridized carbons (Fsp3) is 0.500. The van der Waals surface area contributed by atoms with Crippen LogP contribution in [0.4, 0.5) is 0 Å². The summed E-state index contributed by atoms with van der Waals surface area (Å²) in [7, 11) is 0. The maximum atomic E-state index is 9.48. The van der Waals surface area contributed by atoms with Crippen molar-refractivity contribution < 1.29 is 10.2 Å². The molecule has 1 aromatic rings. The lowest BCUT2D eigenvalue weighted by molar-refractivity contribution is 0.181. The minimum absolute atomic E-state index is 0.225. The number of benzene rings is 1. The highest BCUT2D eigenvalue weighted by atomic mass is 16.3. The van der Waals surface area contributed by atoms with Crippen molar-refractivity contribution in [3.05, 3.63) is 29.8 Å². The molecule has 0 spiro atoms. The second-order valence-corrected chi connectivity index (χ2v) is 3.80. The van der Waals surface area contributed by atoms with Crippen molar-refractivity contribution in [1.29, 1.82) is 0 Å². The first-order valence-corrected chi connectivity index (χ1v) is 5.36. The molecule has 0 saturated carbocycles. The van der Waals surface area contributed by atoms with E-state index < -0.39 is 0 Å². The Morgan fingerprint density at radius 2 is 2.07 bits per heavy atom. The Morgan fingerprint density at radius 3 is 2.73 bits per heavy atom. The molecule has 3 heteroatoms. The molecule has 0 aromatic heterocycles. The number of aliphatic hydroxyl groups excluding tert-OH is 1. The fourth-order valence-corrected chi connectivity index (χ4v) is 1.41. The third-order valence-electron chi connectivity index (χ3n) is 2.28. The smallest absolute Gasteiger partial charge is 0.120 e. The van der Waals surface area contributed by atoms with E-state index in [0.29, 0.717) is 12.3 Å². The van der Waals surface area contributed by atoms with Crippen molar-refractivity contribution in [2.24, 2.45) is 0 Å². The minimum atomic E-state index is -0.225. The van der Waals surface area contributed by atoms with Gasteiger partial charge in [-0.2, -0.15) is 0 Å². The van der Waals surface area contributed by atoms with E-state index >= 15 is 0 Å². The number of phenolic OH excluding ortho intramolecular Hbond substituents is 1. The van der Waals surface area contributed by atoms with Crippen LogP contribution < -0.4 is 5.32 Å². The molecule has 1 aromatic carbocycles. The maximum Gasteiger partial charge on any atom is 0.120 e. The van der Waals surface area contributed by atoms with Crippen LogP contribution in [0.2, 0.25) is 0 Å². The standard InChI is InChI=1S/C12H19NO2/c1-10(14)5-4-8-13-9-11-6-2-3-7-12(11)15/h2-3,6-7,10,13-15H,4-5,8-9H2,1H3. The van der Waals surface area contributed by atoms with Gasteiger partial charge in [-0.1, -0.05) is 18.2 Å². The fourth-order valence-electron chi connectivity index (χ4n) is 1.41. The molecule has 0 aliphatic heterocycles. The van der Waals surface area contributed by atoms with Crippen molar-refractivity contribution >= 4 is 0 Å². The van der Waals surface area contributed by atoms with Gasteiger partial charge in [0.1, 0.15) is 5.75 Å². The number of nitrogens with one attached hydrogen (secondary N) is 1. The molecule has 0 heterocycles. The Bertz CT molecular complexity index is 287. The van der Waals surface area contributed by atoms with Crippen LogP contribution in [-0.4, -0.2) is 22.9 Å². The number of aliphatic hydroxyl groups is 1. The van der Waals surface area contributed by atoms with E-state index in [1.165, 1.54) is 0 Å². The molecule has 0 aliphatic carbocycles. The van der Waals surface area contributed by atoms with Gasteiger partial charge in [0.05, 0.1) is 6.10 Å². The lowest BCUT2D eigenvalue weighted by Crippen LogP contribution is -2.16. The second-order valence-electron chi connectivity index (χ2n) is 3.80. The first-order chi connectivity index (χ1) is 7.20. The van der Waals surface area contributed by atoms with E-state index in [0.717, 1.165) is 24.9 Å². The molecule has 84 valence electrons. The molecular formula is C12H19NO2. The molecule has 1 unspecified atom stereocenters. The van der Waals surface area contributed by atoms with Gasteiger partial charge in [0, 0.05) is 12.1 Å². The van der Waals surface area contributed by atoms with Crippen LogP contribution in [0.5, 0.6) is 5.75 Å². The quantitative estimate of drug-likeness (QED) is 0.624. The van der Waals surface area contributed by atoms with Crippen LogP contribution in [0.3, 0.4) is 0 Å². The van der Waals surface area contributed by atoms with Gasteiger partial charge in [-0.15, -0.1) is 0 Å². The van der Waals surface area contributed by atoms with E-state index in [1.54, 1.807) is 13.0 Å². The van der Waals surface area contributed by atoms with E-state index in [1.807, 2.05) is 18.2 Å². The molecule has 0 saturated heterocycles. The van der Waals surface area contributed by atoms with Gasteiger partial charge in [-0.05, 0) is 32.4 Å². The Labute approximate surface area is 90.8 Å². The highest BCUT2D eigenvalue weighted by Crippen LogP contribution is 2.14. The van der Waals surface area contributed by atoms with E-state index in [4.69, 9.17) is 5.11 Å². The van der Waals surface area contributed by atoms with Crippen molar-refractivity contribution in [3.8, 4) is 5.75 Å². The summed E-state index contributed by atoms with van der Waals surface area (Å²) in [5, 5.41) is 21.7. The van der Waals surface area contributed by atoms with Crippen molar-refractivity contribution in [2.45, 2.75) is 32.4 Å². The summed E-state index contributed by atoms with van der Waals surface area (Å²) in [6, 6.07) is 7.31. The highest BCUT2D eigenvalue weighted by molar-refractivity contribution is 5.31. The molecule has 0 aliphatic rings. The van der Waals surface area contributed by atoms with Crippen LogP contribution >= 0.6 is 0 Å². The summed E-state index contributed by atoms with van der Waals surface area (Å²) in [6.45, 7) is 3.33. The topological polar surface area (TPSA) is 52.5 Å². The van der Waals surface area contributed by atoms with Crippen molar-refractivity contribution in [3.63, 3.8) is 0 Å². The third kappa shape index (κ3) is 4.81.